The molecule has 6 heteroatoms. The third-order valence-electron chi connectivity index (χ3n) is 3.33. The van der Waals surface area contributed by atoms with Gasteiger partial charge in [0.2, 0.25) is 5.91 Å². The van der Waals surface area contributed by atoms with E-state index in [1.54, 1.807) is 25.3 Å². The summed E-state index contributed by atoms with van der Waals surface area (Å²) in [7, 11) is -3.22. The van der Waals surface area contributed by atoms with Crippen molar-refractivity contribution in [3.8, 4) is 0 Å². The van der Waals surface area contributed by atoms with Crippen molar-refractivity contribution in [2.45, 2.75) is 25.2 Å². The normalized spacial score (nSPS) is 19.9. The van der Waals surface area contributed by atoms with Crippen LogP contribution in [-0.4, -0.2) is 20.1 Å². The zero-order chi connectivity index (χ0) is 14.9. The van der Waals surface area contributed by atoms with Gasteiger partial charge >= 0.3 is 0 Å². The number of amides is 1. The van der Waals surface area contributed by atoms with Crippen molar-refractivity contribution in [2.75, 3.05) is 10.7 Å². The predicted molar refractivity (Wildman–Crippen MR) is 79.4 cm³/mol. The smallest absolute Gasteiger partial charge is 0.231 e. The lowest BCUT2D eigenvalue weighted by Gasteiger charge is -2.26. The van der Waals surface area contributed by atoms with Crippen molar-refractivity contribution >= 4 is 33.0 Å². The van der Waals surface area contributed by atoms with E-state index in [9.17, 15) is 13.2 Å². The molecule has 0 aliphatic carbocycles. The number of carbonyl (C=O) groups is 1. The zero-order valence-corrected chi connectivity index (χ0v) is 12.9. The highest BCUT2D eigenvalue weighted by atomic mass is 35.5. The van der Waals surface area contributed by atoms with Gasteiger partial charge in [0.25, 0.3) is 0 Å². The lowest BCUT2D eigenvalue weighted by Crippen LogP contribution is -2.31. The van der Waals surface area contributed by atoms with E-state index in [4.69, 9.17) is 11.6 Å². The molecule has 0 N–H and O–H groups in total. The zero-order valence-electron chi connectivity index (χ0n) is 11.3. The summed E-state index contributed by atoms with van der Waals surface area (Å²) in [6, 6.07) is 6.27. The Labute approximate surface area is 124 Å². The van der Waals surface area contributed by atoms with Crippen LogP contribution in [0.4, 0.5) is 5.69 Å². The van der Waals surface area contributed by atoms with E-state index in [-0.39, 0.29) is 22.5 Å². The molecule has 0 radical (unpaired) electrons. The Morgan fingerprint density at radius 1 is 1.30 bits per heavy atom. The van der Waals surface area contributed by atoms with E-state index in [2.05, 4.69) is 0 Å². The fourth-order valence-corrected chi connectivity index (χ4v) is 3.04. The first-order valence-electron chi connectivity index (χ1n) is 6.37. The Bertz CT molecular complexity index is 650. The fourth-order valence-electron chi connectivity index (χ4n) is 1.98. The summed E-state index contributed by atoms with van der Waals surface area (Å²) >= 11 is 6.07. The Kier molecular flexibility index (Phi) is 4.20. The summed E-state index contributed by atoms with van der Waals surface area (Å²) in [6.45, 7) is 3.49. The first kappa shape index (κ1) is 15.1. The number of hydrogen-bond acceptors (Lipinski definition) is 3. The van der Waals surface area contributed by atoms with E-state index < -0.39 is 9.84 Å². The van der Waals surface area contributed by atoms with Gasteiger partial charge in [-0.05, 0) is 24.3 Å². The molecule has 1 aromatic rings. The van der Waals surface area contributed by atoms with Gasteiger partial charge in [0.1, 0.15) is 0 Å². The number of rotatable bonds is 3. The first-order chi connectivity index (χ1) is 9.35. The van der Waals surface area contributed by atoms with E-state index in [1.807, 2.05) is 6.92 Å². The minimum atomic E-state index is -3.22. The van der Waals surface area contributed by atoms with Gasteiger partial charge < -0.3 is 0 Å². The van der Waals surface area contributed by atoms with Gasteiger partial charge in [0.05, 0.1) is 10.6 Å². The Hall–Kier alpha value is -1.33. The highest BCUT2D eigenvalue weighted by Gasteiger charge is 2.24. The molecule has 0 fully saturated rings. The molecular formula is C14H16ClNO3S. The molecule has 2 rings (SSSR count). The van der Waals surface area contributed by atoms with Crippen LogP contribution in [0.2, 0.25) is 0 Å². The van der Waals surface area contributed by atoms with Crippen molar-refractivity contribution in [2.24, 2.45) is 5.92 Å². The second-order valence-corrected chi connectivity index (χ2v) is 7.49. The highest BCUT2D eigenvalue weighted by Crippen LogP contribution is 2.29. The largest absolute Gasteiger partial charge is 0.287 e. The van der Waals surface area contributed by atoms with Crippen molar-refractivity contribution in [3.63, 3.8) is 0 Å². The van der Waals surface area contributed by atoms with E-state index in [1.165, 1.54) is 17.0 Å². The highest BCUT2D eigenvalue weighted by molar-refractivity contribution is 7.91. The van der Waals surface area contributed by atoms with Crippen LogP contribution in [0.25, 0.3) is 0 Å². The maximum Gasteiger partial charge on any atom is 0.231 e. The summed E-state index contributed by atoms with van der Waals surface area (Å²) in [6.07, 6.45) is 1.95. The van der Waals surface area contributed by atoms with Gasteiger partial charge in [-0.3, -0.25) is 9.69 Å². The van der Waals surface area contributed by atoms with Gasteiger partial charge in [-0.15, -0.1) is 0 Å². The summed E-state index contributed by atoms with van der Waals surface area (Å²) in [5.74, 6) is 0.0336. The maximum absolute atomic E-state index is 12.0. The molecule has 1 aliphatic rings. The predicted octanol–water partition coefficient (Wildman–Crippen LogP) is 2.93. The summed E-state index contributed by atoms with van der Waals surface area (Å²) < 4.78 is 23.5. The van der Waals surface area contributed by atoms with Gasteiger partial charge in [0, 0.05) is 29.3 Å². The van der Waals surface area contributed by atoms with E-state index in [0.29, 0.717) is 17.1 Å². The average molecular weight is 314 g/mol. The number of benzene rings is 1. The van der Waals surface area contributed by atoms with Crippen LogP contribution >= 0.6 is 11.6 Å². The van der Waals surface area contributed by atoms with Gasteiger partial charge in [-0.1, -0.05) is 25.4 Å². The average Bonchev–Trinajstić information content (AvgIpc) is 2.43. The fraction of sp³-hybridized carbons (Fsp3) is 0.357. The summed E-state index contributed by atoms with van der Waals surface area (Å²) in [4.78, 5) is 13.7. The van der Waals surface area contributed by atoms with Crippen molar-refractivity contribution in [3.05, 3.63) is 35.5 Å². The first-order valence-corrected chi connectivity index (χ1v) is 8.40. The molecule has 1 aliphatic heterocycles. The Balaban J connectivity index is 2.34. The van der Waals surface area contributed by atoms with Gasteiger partial charge in [0.15, 0.2) is 9.84 Å². The van der Waals surface area contributed by atoms with Crippen LogP contribution in [0.5, 0.6) is 0 Å². The minimum Gasteiger partial charge on any atom is -0.287 e. The van der Waals surface area contributed by atoms with Crippen molar-refractivity contribution in [1.29, 1.82) is 0 Å². The molecule has 0 spiro atoms. The minimum absolute atomic E-state index is 0.0279. The molecular weight excluding hydrogens is 298 g/mol. The molecule has 108 valence electrons. The van der Waals surface area contributed by atoms with E-state index in [0.717, 1.165) is 0 Å². The number of halogens is 1. The molecule has 1 amide bonds. The molecule has 1 heterocycles. The quantitative estimate of drug-likeness (QED) is 0.862. The molecule has 1 aromatic carbocycles. The summed E-state index contributed by atoms with van der Waals surface area (Å²) in [5.41, 5.74) is 0.620. The molecule has 1 atom stereocenters. The standard InChI is InChI=1S/C14H16ClNO3S/c1-3-20(18,19)12-6-4-11(5-7-12)16-9-13(15)10(2)8-14(16)17/h4-7,9-10H,3,8H2,1-2H3. The number of anilines is 1. The number of nitrogens with zero attached hydrogens (tertiary/aromatic N) is 1. The summed E-state index contributed by atoms with van der Waals surface area (Å²) in [5, 5.41) is 0.620. The number of hydrogen-bond donors (Lipinski definition) is 0. The molecule has 0 bridgehead atoms. The van der Waals surface area contributed by atoms with E-state index >= 15 is 0 Å². The van der Waals surface area contributed by atoms with Crippen LogP contribution in [0.1, 0.15) is 20.3 Å². The lowest BCUT2D eigenvalue weighted by atomic mass is 10.0. The number of allylic oxidation sites excluding steroid dienone is 1. The molecule has 4 nitrogen and oxygen atoms in total. The van der Waals surface area contributed by atoms with Crippen LogP contribution in [0.15, 0.2) is 40.4 Å². The second-order valence-electron chi connectivity index (χ2n) is 4.78. The topological polar surface area (TPSA) is 54.5 Å². The van der Waals surface area contributed by atoms with Crippen LogP contribution < -0.4 is 4.90 Å². The van der Waals surface area contributed by atoms with Crippen molar-refractivity contribution in [1.82, 2.24) is 0 Å². The molecule has 0 saturated carbocycles. The van der Waals surface area contributed by atoms with Gasteiger partial charge in [-0.25, -0.2) is 8.42 Å². The Morgan fingerprint density at radius 2 is 1.90 bits per heavy atom. The SMILES string of the molecule is CCS(=O)(=O)c1ccc(N2C=C(Cl)C(C)CC2=O)cc1. The second kappa shape index (κ2) is 5.58. The van der Waals surface area contributed by atoms with Crippen LogP contribution in [-0.2, 0) is 14.6 Å². The molecule has 20 heavy (non-hydrogen) atoms. The lowest BCUT2D eigenvalue weighted by molar-refractivity contribution is -0.118. The molecule has 0 aromatic heterocycles. The molecule has 1 unspecified atom stereocenters. The maximum atomic E-state index is 12.0. The third kappa shape index (κ3) is 2.88. The Morgan fingerprint density at radius 3 is 2.45 bits per heavy atom. The van der Waals surface area contributed by atoms with Crippen LogP contribution in [0.3, 0.4) is 0 Å². The molecule has 0 saturated heterocycles. The van der Waals surface area contributed by atoms with Crippen LogP contribution in [0, 0.1) is 5.92 Å². The third-order valence-corrected chi connectivity index (χ3v) is 5.55. The number of carbonyl (C=O) groups excluding carboxylic acids is 1. The number of sulfone groups is 1. The van der Waals surface area contributed by atoms with Crippen molar-refractivity contribution < 1.29 is 13.2 Å². The van der Waals surface area contributed by atoms with Gasteiger partial charge in [-0.2, -0.15) is 0 Å². The monoisotopic (exact) mass is 313 g/mol.